The van der Waals surface area contributed by atoms with Gasteiger partial charge < -0.3 is 14.8 Å². The molecule has 3 rings (SSSR count). The Bertz CT molecular complexity index is 1020. The molecule has 0 saturated heterocycles. The highest BCUT2D eigenvalue weighted by molar-refractivity contribution is 7.78. The van der Waals surface area contributed by atoms with Crippen LogP contribution in [0.15, 0.2) is 54.6 Å². The molecule has 1 heterocycles. The Hall–Kier alpha value is -2.81. The number of thiophene rings is 1. The predicted molar refractivity (Wildman–Crippen MR) is 104 cm³/mol. The Morgan fingerprint density at radius 2 is 1.48 bits per heavy atom. The van der Waals surface area contributed by atoms with E-state index in [4.69, 9.17) is 9.66 Å². The lowest BCUT2D eigenvalue weighted by Crippen LogP contribution is -1.94. The van der Waals surface area contributed by atoms with Gasteiger partial charge in [-0.05, 0) is 34.9 Å². The van der Waals surface area contributed by atoms with Gasteiger partial charge in [0.25, 0.3) is 0 Å². The van der Waals surface area contributed by atoms with Crippen molar-refractivity contribution in [1.82, 2.24) is 0 Å². The highest BCUT2D eigenvalue weighted by atomic mass is 32.2. The molecule has 0 amide bonds. The highest BCUT2D eigenvalue weighted by Crippen LogP contribution is 2.39. The molecule has 138 valence electrons. The maximum absolute atomic E-state index is 11.4. The van der Waals surface area contributed by atoms with E-state index in [1.807, 2.05) is 0 Å². The Labute approximate surface area is 161 Å². The van der Waals surface area contributed by atoms with Gasteiger partial charge in [0.05, 0.1) is 11.3 Å². The molecule has 0 aliphatic carbocycles. The molecule has 3 N–H and O–H groups in total. The molecule has 0 aliphatic rings. The summed E-state index contributed by atoms with van der Waals surface area (Å²) in [5.74, 6) is -2.05. The summed E-state index contributed by atoms with van der Waals surface area (Å²) >= 11 is -0.825. The molecule has 1 aromatic heterocycles. The van der Waals surface area contributed by atoms with Crippen molar-refractivity contribution in [3.8, 4) is 21.6 Å². The van der Waals surface area contributed by atoms with Crippen LogP contribution in [0.1, 0.15) is 25.6 Å². The van der Waals surface area contributed by atoms with Gasteiger partial charge in [0.1, 0.15) is 4.88 Å². The standard InChI is InChI=1S/C19H14O6S2/c20-18(21)14-7-5-13(6-8-14)17-15(9-16(26-17)19(22)23)12-3-1-11(2-4-12)10-27(24)25/h1-9H,10H2,(H,20,21)(H,22,23)(H,24,25). The van der Waals surface area contributed by atoms with Crippen LogP contribution in [-0.4, -0.2) is 30.9 Å². The zero-order valence-electron chi connectivity index (χ0n) is 13.8. The number of carboxylic acids is 2. The van der Waals surface area contributed by atoms with Crippen molar-refractivity contribution >= 4 is 34.4 Å². The number of rotatable bonds is 6. The molecule has 0 spiro atoms. The van der Waals surface area contributed by atoms with Crippen LogP contribution in [0.4, 0.5) is 0 Å². The van der Waals surface area contributed by atoms with Gasteiger partial charge in [0.15, 0.2) is 11.1 Å². The molecule has 6 nitrogen and oxygen atoms in total. The van der Waals surface area contributed by atoms with Crippen LogP contribution in [0.25, 0.3) is 21.6 Å². The van der Waals surface area contributed by atoms with Crippen LogP contribution >= 0.6 is 11.3 Å². The predicted octanol–water partition coefficient (Wildman–Crippen LogP) is 4.20. The van der Waals surface area contributed by atoms with E-state index in [2.05, 4.69) is 0 Å². The van der Waals surface area contributed by atoms with Crippen molar-refractivity contribution < 1.29 is 28.6 Å². The van der Waals surface area contributed by atoms with E-state index in [1.54, 1.807) is 42.5 Å². The summed E-state index contributed by atoms with van der Waals surface area (Å²) in [6.45, 7) is 0. The topological polar surface area (TPSA) is 112 Å². The van der Waals surface area contributed by atoms with Crippen LogP contribution < -0.4 is 0 Å². The fourth-order valence-electron chi connectivity index (χ4n) is 2.61. The molecular weight excluding hydrogens is 388 g/mol. The summed E-state index contributed by atoms with van der Waals surface area (Å²) < 4.78 is 19.9. The van der Waals surface area contributed by atoms with Gasteiger partial charge in [0, 0.05) is 10.4 Å². The van der Waals surface area contributed by atoms with Gasteiger partial charge in [-0.3, -0.25) is 0 Å². The van der Waals surface area contributed by atoms with Gasteiger partial charge in [-0.25, -0.2) is 13.8 Å². The molecule has 0 bridgehead atoms. The zero-order valence-corrected chi connectivity index (χ0v) is 15.4. The number of hydrogen-bond acceptors (Lipinski definition) is 4. The lowest BCUT2D eigenvalue weighted by Gasteiger charge is -2.06. The summed E-state index contributed by atoms with van der Waals surface area (Å²) in [5, 5.41) is 18.4. The normalized spacial score (nSPS) is 11.9. The largest absolute Gasteiger partial charge is 0.478 e. The van der Waals surface area contributed by atoms with E-state index in [0.29, 0.717) is 21.6 Å². The second-order valence-corrected chi connectivity index (χ2v) is 7.69. The number of benzene rings is 2. The summed E-state index contributed by atoms with van der Waals surface area (Å²) in [4.78, 5) is 23.3. The molecule has 0 saturated carbocycles. The molecule has 0 aliphatic heterocycles. The van der Waals surface area contributed by atoms with E-state index in [-0.39, 0.29) is 16.2 Å². The number of carboxylic acid groups (broad SMARTS) is 2. The van der Waals surface area contributed by atoms with Crippen LogP contribution in [0, 0.1) is 0 Å². The molecular formula is C19H14O6S2. The average Bonchev–Trinajstić information content (AvgIpc) is 3.07. The number of carbonyl (C=O) groups is 2. The molecule has 3 aromatic rings. The third-order valence-electron chi connectivity index (χ3n) is 3.89. The van der Waals surface area contributed by atoms with Gasteiger partial charge in [-0.1, -0.05) is 36.4 Å². The fraction of sp³-hybridized carbons (Fsp3) is 0.0526. The summed E-state index contributed by atoms with van der Waals surface area (Å²) in [7, 11) is 0. The molecule has 27 heavy (non-hydrogen) atoms. The van der Waals surface area contributed by atoms with Crippen LogP contribution in [0.3, 0.4) is 0 Å². The van der Waals surface area contributed by atoms with Crippen molar-refractivity contribution in [2.45, 2.75) is 5.75 Å². The maximum atomic E-state index is 11.4. The Balaban J connectivity index is 2.05. The summed E-state index contributed by atoms with van der Waals surface area (Å²) in [6, 6.07) is 14.8. The smallest absolute Gasteiger partial charge is 0.345 e. The van der Waals surface area contributed by atoms with E-state index < -0.39 is 23.0 Å². The van der Waals surface area contributed by atoms with E-state index >= 15 is 0 Å². The SMILES string of the molecule is O=C(O)c1ccc(-c2sc(C(=O)O)cc2-c2ccc(CS(=O)O)cc2)cc1. The quantitative estimate of drug-likeness (QED) is 0.533. The van der Waals surface area contributed by atoms with E-state index in [0.717, 1.165) is 16.9 Å². The maximum Gasteiger partial charge on any atom is 0.345 e. The third-order valence-corrected chi connectivity index (χ3v) is 5.64. The van der Waals surface area contributed by atoms with E-state index in [9.17, 15) is 18.9 Å². The minimum atomic E-state index is -1.93. The van der Waals surface area contributed by atoms with Gasteiger partial charge >= 0.3 is 11.9 Å². The molecule has 0 radical (unpaired) electrons. The molecule has 2 aromatic carbocycles. The summed E-state index contributed by atoms with van der Waals surface area (Å²) in [6.07, 6.45) is 0. The minimum absolute atomic E-state index is 0.0216. The Morgan fingerprint density at radius 1 is 0.889 bits per heavy atom. The molecule has 1 atom stereocenters. The average molecular weight is 402 g/mol. The van der Waals surface area contributed by atoms with Crippen molar-refractivity contribution in [2.24, 2.45) is 0 Å². The first-order valence-corrected chi connectivity index (χ1v) is 9.82. The van der Waals surface area contributed by atoms with Crippen LogP contribution in [0.2, 0.25) is 0 Å². The third kappa shape index (κ3) is 4.30. The monoisotopic (exact) mass is 402 g/mol. The summed E-state index contributed by atoms with van der Waals surface area (Å²) in [5.41, 5.74) is 3.03. The second-order valence-electron chi connectivity index (χ2n) is 5.70. The van der Waals surface area contributed by atoms with Crippen molar-refractivity contribution in [2.75, 3.05) is 0 Å². The molecule has 8 heteroatoms. The van der Waals surface area contributed by atoms with Crippen molar-refractivity contribution in [1.29, 1.82) is 0 Å². The van der Waals surface area contributed by atoms with Crippen molar-refractivity contribution in [3.05, 3.63) is 70.6 Å². The molecule has 0 fully saturated rings. The lowest BCUT2D eigenvalue weighted by molar-refractivity contribution is 0.0688. The first-order chi connectivity index (χ1) is 12.8. The Kier molecular flexibility index (Phi) is 5.50. The molecule has 1 unspecified atom stereocenters. The number of hydrogen-bond donors (Lipinski definition) is 3. The first-order valence-electron chi connectivity index (χ1n) is 7.73. The van der Waals surface area contributed by atoms with Crippen molar-refractivity contribution in [3.63, 3.8) is 0 Å². The van der Waals surface area contributed by atoms with E-state index in [1.165, 1.54) is 12.1 Å². The second kappa shape index (κ2) is 7.83. The minimum Gasteiger partial charge on any atom is -0.478 e. The van der Waals surface area contributed by atoms with Gasteiger partial charge in [-0.15, -0.1) is 11.3 Å². The Morgan fingerprint density at radius 3 is 2.00 bits per heavy atom. The van der Waals surface area contributed by atoms with Gasteiger partial charge in [-0.2, -0.15) is 0 Å². The first kappa shape index (κ1) is 19.0. The number of aromatic carboxylic acids is 2. The zero-order chi connectivity index (χ0) is 19.6. The van der Waals surface area contributed by atoms with Crippen LogP contribution in [0.5, 0.6) is 0 Å². The lowest BCUT2D eigenvalue weighted by atomic mass is 10.0. The fourth-order valence-corrected chi connectivity index (χ4v) is 4.11. The highest BCUT2D eigenvalue weighted by Gasteiger charge is 2.17. The van der Waals surface area contributed by atoms with Crippen LogP contribution in [-0.2, 0) is 16.8 Å². The van der Waals surface area contributed by atoms with Gasteiger partial charge in [0.2, 0.25) is 0 Å².